The fourth-order valence-corrected chi connectivity index (χ4v) is 1.96. The lowest BCUT2D eigenvalue weighted by molar-refractivity contribution is -0.114. The molecule has 0 aliphatic rings. The molecule has 0 heterocycles. The maximum Gasteiger partial charge on any atom is 0.387 e. The van der Waals surface area contributed by atoms with Crippen LogP contribution in [0.25, 0.3) is 0 Å². The van der Waals surface area contributed by atoms with E-state index in [1.165, 1.54) is 44.4 Å². The maximum atomic E-state index is 12.3. The first kappa shape index (κ1) is 18.2. The summed E-state index contributed by atoms with van der Waals surface area (Å²) in [7, 11) is 1.27. The van der Waals surface area contributed by atoms with Crippen molar-refractivity contribution in [3.8, 4) is 17.2 Å². The van der Waals surface area contributed by atoms with E-state index in [4.69, 9.17) is 9.47 Å². The Labute approximate surface area is 142 Å². The van der Waals surface area contributed by atoms with Crippen molar-refractivity contribution < 1.29 is 32.6 Å². The quantitative estimate of drug-likeness (QED) is 0.637. The Morgan fingerprint density at radius 2 is 1.72 bits per heavy atom. The molecular formula is C17H15F2NO5. The number of benzene rings is 2. The van der Waals surface area contributed by atoms with Gasteiger partial charge >= 0.3 is 12.6 Å². The van der Waals surface area contributed by atoms with Gasteiger partial charge in [-0.1, -0.05) is 0 Å². The zero-order valence-electron chi connectivity index (χ0n) is 13.4. The van der Waals surface area contributed by atoms with Crippen LogP contribution in [-0.2, 0) is 4.79 Å². The Hall–Kier alpha value is -3.16. The number of nitrogens with one attached hydrogen (secondary N) is 1. The second-order valence-corrected chi connectivity index (χ2v) is 4.84. The van der Waals surface area contributed by atoms with Gasteiger partial charge in [-0.15, -0.1) is 0 Å². The number of carbonyl (C=O) groups excluding carboxylic acids is 2. The van der Waals surface area contributed by atoms with E-state index in [9.17, 15) is 18.4 Å². The van der Waals surface area contributed by atoms with Crippen molar-refractivity contribution in [2.24, 2.45) is 0 Å². The standard InChI is InChI=1S/C17H15F2NO5/c1-10(21)20-12-4-6-13(7-5-12)24-16(22)11-3-8-14(25-17(18)19)15(9-11)23-2/h3-9,17H,1-2H3,(H,20,21). The monoisotopic (exact) mass is 351 g/mol. The summed E-state index contributed by atoms with van der Waals surface area (Å²) in [6.07, 6.45) is 0. The van der Waals surface area contributed by atoms with Crippen LogP contribution in [0.1, 0.15) is 17.3 Å². The molecule has 1 N–H and O–H groups in total. The van der Waals surface area contributed by atoms with Crippen molar-refractivity contribution in [3.63, 3.8) is 0 Å². The molecule has 0 aliphatic carbocycles. The molecule has 2 aromatic rings. The number of rotatable bonds is 6. The van der Waals surface area contributed by atoms with Crippen LogP contribution in [0, 0.1) is 0 Å². The molecule has 132 valence electrons. The lowest BCUT2D eigenvalue weighted by atomic mass is 10.2. The lowest BCUT2D eigenvalue weighted by Gasteiger charge is -2.11. The molecule has 0 spiro atoms. The number of anilines is 1. The summed E-state index contributed by atoms with van der Waals surface area (Å²) in [6, 6.07) is 9.89. The molecule has 0 saturated carbocycles. The van der Waals surface area contributed by atoms with Crippen molar-refractivity contribution in [1.82, 2.24) is 0 Å². The molecule has 2 aromatic carbocycles. The number of ether oxygens (including phenoxy) is 3. The number of halogens is 2. The summed E-state index contributed by atoms with van der Waals surface area (Å²) in [5.41, 5.74) is 0.659. The fourth-order valence-electron chi connectivity index (χ4n) is 1.96. The molecule has 25 heavy (non-hydrogen) atoms. The molecule has 8 heteroatoms. The summed E-state index contributed by atoms with van der Waals surface area (Å²) >= 11 is 0. The summed E-state index contributed by atoms with van der Waals surface area (Å²) in [4.78, 5) is 23.1. The second kappa shape index (κ2) is 8.09. The summed E-state index contributed by atoms with van der Waals surface area (Å²) in [5.74, 6) is -0.868. The molecule has 0 unspecified atom stereocenters. The Balaban J connectivity index is 2.11. The van der Waals surface area contributed by atoms with Gasteiger partial charge in [0.05, 0.1) is 12.7 Å². The average molecular weight is 351 g/mol. The van der Waals surface area contributed by atoms with Gasteiger partial charge in [0.25, 0.3) is 0 Å². The number of hydrogen-bond donors (Lipinski definition) is 1. The largest absolute Gasteiger partial charge is 0.493 e. The summed E-state index contributed by atoms with van der Waals surface area (Å²) in [6.45, 7) is -1.63. The van der Waals surface area contributed by atoms with E-state index in [1.807, 2.05) is 0 Å². The molecule has 2 rings (SSSR count). The summed E-state index contributed by atoms with van der Waals surface area (Å²) in [5, 5.41) is 2.58. The molecule has 0 radical (unpaired) electrons. The van der Waals surface area contributed by atoms with Crippen LogP contribution in [0.3, 0.4) is 0 Å². The van der Waals surface area contributed by atoms with Gasteiger partial charge in [0.2, 0.25) is 5.91 Å². The van der Waals surface area contributed by atoms with E-state index < -0.39 is 12.6 Å². The molecule has 6 nitrogen and oxygen atoms in total. The molecule has 0 atom stereocenters. The van der Waals surface area contributed by atoms with Gasteiger partial charge in [-0.25, -0.2) is 4.79 Å². The van der Waals surface area contributed by atoms with Crippen LogP contribution in [0.4, 0.5) is 14.5 Å². The highest BCUT2D eigenvalue weighted by Crippen LogP contribution is 2.30. The van der Waals surface area contributed by atoms with Crippen LogP contribution < -0.4 is 19.5 Å². The van der Waals surface area contributed by atoms with Gasteiger partial charge in [-0.2, -0.15) is 8.78 Å². The van der Waals surface area contributed by atoms with Gasteiger partial charge in [-0.05, 0) is 42.5 Å². The predicted octanol–water partition coefficient (Wildman–Crippen LogP) is 3.47. The normalized spacial score (nSPS) is 10.3. The van der Waals surface area contributed by atoms with Gasteiger partial charge in [0.1, 0.15) is 5.75 Å². The Morgan fingerprint density at radius 1 is 1.04 bits per heavy atom. The number of carbonyl (C=O) groups is 2. The third-order valence-electron chi connectivity index (χ3n) is 3.00. The minimum Gasteiger partial charge on any atom is -0.493 e. The average Bonchev–Trinajstić information content (AvgIpc) is 2.56. The highest BCUT2D eigenvalue weighted by Gasteiger charge is 2.15. The first-order valence-electron chi connectivity index (χ1n) is 7.11. The van der Waals surface area contributed by atoms with E-state index in [0.717, 1.165) is 0 Å². The van der Waals surface area contributed by atoms with Crippen LogP contribution >= 0.6 is 0 Å². The van der Waals surface area contributed by atoms with E-state index in [1.54, 1.807) is 12.1 Å². The van der Waals surface area contributed by atoms with E-state index in [0.29, 0.717) is 5.69 Å². The van der Waals surface area contributed by atoms with Crippen molar-refractivity contribution in [3.05, 3.63) is 48.0 Å². The number of alkyl halides is 2. The first-order valence-corrected chi connectivity index (χ1v) is 7.11. The van der Waals surface area contributed by atoms with Crippen molar-refractivity contribution in [2.75, 3.05) is 12.4 Å². The number of methoxy groups -OCH3 is 1. The third kappa shape index (κ3) is 5.17. The van der Waals surface area contributed by atoms with E-state index >= 15 is 0 Å². The van der Waals surface area contributed by atoms with Gasteiger partial charge in [0, 0.05) is 12.6 Å². The number of hydrogen-bond acceptors (Lipinski definition) is 5. The van der Waals surface area contributed by atoms with Gasteiger partial charge in [-0.3, -0.25) is 4.79 Å². The molecule has 0 aliphatic heterocycles. The SMILES string of the molecule is COc1cc(C(=O)Oc2ccc(NC(C)=O)cc2)ccc1OC(F)F. The summed E-state index contributed by atoms with van der Waals surface area (Å²) < 4.78 is 39.0. The minimum atomic E-state index is -3.01. The zero-order valence-corrected chi connectivity index (χ0v) is 13.4. The zero-order chi connectivity index (χ0) is 18.4. The van der Waals surface area contributed by atoms with Gasteiger partial charge < -0.3 is 19.5 Å². The highest BCUT2D eigenvalue weighted by atomic mass is 19.3. The van der Waals surface area contributed by atoms with Gasteiger partial charge in [0.15, 0.2) is 11.5 Å². The number of esters is 1. The van der Waals surface area contributed by atoms with Crippen molar-refractivity contribution in [1.29, 1.82) is 0 Å². The molecule has 0 aromatic heterocycles. The maximum absolute atomic E-state index is 12.3. The van der Waals surface area contributed by atoms with Crippen molar-refractivity contribution in [2.45, 2.75) is 13.5 Å². The smallest absolute Gasteiger partial charge is 0.387 e. The van der Waals surface area contributed by atoms with Crippen LogP contribution in [0.15, 0.2) is 42.5 Å². The Bertz CT molecular complexity index is 762. The third-order valence-corrected chi connectivity index (χ3v) is 3.00. The van der Waals surface area contributed by atoms with E-state index in [-0.39, 0.29) is 28.7 Å². The van der Waals surface area contributed by atoms with E-state index in [2.05, 4.69) is 10.1 Å². The lowest BCUT2D eigenvalue weighted by Crippen LogP contribution is -2.10. The molecular weight excluding hydrogens is 336 g/mol. The molecule has 0 saturated heterocycles. The van der Waals surface area contributed by atoms with Crippen LogP contribution in [-0.4, -0.2) is 25.6 Å². The Morgan fingerprint density at radius 3 is 2.28 bits per heavy atom. The molecule has 0 fully saturated rings. The molecule has 1 amide bonds. The number of amides is 1. The minimum absolute atomic E-state index is 0.0178. The Kier molecular flexibility index (Phi) is 5.89. The highest BCUT2D eigenvalue weighted by molar-refractivity contribution is 5.92. The second-order valence-electron chi connectivity index (χ2n) is 4.84. The topological polar surface area (TPSA) is 73.9 Å². The molecule has 0 bridgehead atoms. The van der Waals surface area contributed by atoms with Crippen LogP contribution in [0.5, 0.6) is 17.2 Å². The fraction of sp³-hybridized carbons (Fsp3) is 0.176. The predicted molar refractivity (Wildman–Crippen MR) is 85.3 cm³/mol. The van der Waals surface area contributed by atoms with Crippen LogP contribution in [0.2, 0.25) is 0 Å². The van der Waals surface area contributed by atoms with Crippen molar-refractivity contribution >= 4 is 17.6 Å². The first-order chi connectivity index (χ1) is 11.9.